The number of benzene rings is 1. The second-order valence-corrected chi connectivity index (χ2v) is 4.74. The highest BCUT2D eigenvalue weighted by atomic mass is 19.1. The molecule has 1 rings (SSSR count). The lowest BCUT2D eigenvalue weighted by molar-refractivity contribution is -0.115. The molecular formula is C13H19FN2O2. The van der Waals surface area contributed by atoms with Crippen LogP contribution in [0.1, 0.15) is 20.3 Å². The Labute approximate surface area is 106 Å². The summed E-state index contributed by atoms with van der Waals surface area (Å²) in [6, 6.07) is 6.01. The number of halogens is 1. The molecule has 0 unspecified atom stereocenters. The lowest BCUT2D eigenvalue weighted by atomic mass is 10.0. The van der Waals surface area contributed by atoms with Gasteiger partial charge in [0.15, 0.2) is 0 Å². The molecule has 0 aliphatic heterocycles. The molecule has 0 spiro atoms. The van der Waals surface area contributed by atoms with Crippen LogP contribution in [-0.4, -0.2) is 29.7 Å². The molecule has 3 N–H and O–H groups in total. The van der Waals surface area contributed by atoms with Crippen LogP contribution in [0.4, 0.5) is 10.1 Å². The van der Waals surface area contributed by atoms with Gasteiger partial charge in [0.2, 0.25) is 5.91 Å². The van der Waals surface area contributed by atoms with Crippen molar-refractivity contribution in [1.29, 1.82) is 0 Å². The minimum atomic E-state index is -0.458. The molecule has 0 aromatic heterocycles. The number of aliphatic hydroxyl groups is 1. The average molecular weight is 254 g/mol. The van der Waals surface area contributed by atoms with E-state index in [0.29, 0.717) is 6.42 Å². The van der Waals surface area contributed by atoms with Crippen molar-refractivity contribution in [2.45, 2.75) is 25.8 Å². The average Bonchev–Trinajstić information content (AvgIpc) is 2.30. The standard InChI is InChI=1S/C13H19FN2O2/c1-13(2,7-8-17)15-9-12(18)16-11-6-4-3-5-10(11)14/h3-6,15,17H,7-9H2,1-2H3,(H,16,18). The summed E-state index contributed by atoms with van der Waals surface area (Å²) in [6.45, 7) is 3.90. The van der Waals surface area contributed by atoms with Crippen molar-refractivity contribution in [3.05, 3.63) is 30.1 Å². The third-order valence-corrected chi connectivity index (χ3v) is 2.61. The van der Waals surface area contributed by atoms with Gasteiger partial charge in [0, 0.05) is 12.1 Å². The molecule has 0 fully saturated rings. The second-order valence-electron chi connectivity index (χ2n) is 4.74. The molecule has 18 heavy (non-hydrogen) atoms. The van der Waals surface area contributed by atoms with Crippen molar-refractivity contribution in [2.24, 2.45) is 0 Å². The third-order valence-electron chi connectivity index (χ3n) is 2.61. The van der Waals surface area contributed by atoms with Crippen LogP contribution in [0.5, 0.6) is 0 Å². The number of rotatable bonds is 6. The molecule has 0 bridgehead atoms. The van der Waals surface area contributed by atoms with Gasteiger partial charge >= 0.3 is 0 Å². The van der Waals surface area contributed by atoms with E-state index in [4.69, 9.17) is 5.11 Å². The number of hydrogen-bond donors (Lipinski definition) is 3. The molecule has 0 radical (unpaired) electrons. The monoisotopic (exact) mass is 254 g/mol. The Morgan fingerprint density at radius 1 is 1.39 bits per heavy atom. The van der Waals surface area contributed by atoms with Gasteiger partial charge in [-0.25, -0.2) is 4.39 Å². The summed E-state index contributed by atoms with van der Waals surface area (Å²) >= 11 is 0. The van der Waals surface area contributed by atoms with Crippen molar-refractivity contribution in [3.8, 4) is 0 Å². The zero-order valence-electron chi connectivity index (χ0n) is 10.7. The van der Waals surface area contributed by atoms with Gasteiger partial charge in [-0.2, -0.15) is 0 Å². The van der Waals surface area contributed by atoms with E-state index in [-0.39, 0.29) is 30.3 Å². The highest BCUT2D eigenvalue weighted by molar-refractivity contribution is 5.92. The Balaban J connectivity index is 2.46. The molecule has 0 heterocycles. The zero-order chi connectivity index (χ0) is 13.6. The fourth-order valence-electron chi connectivity index (χ4n) is 1.44. The first-order valence-electron chi connectivity index (χ1n) is 5.85. The Morgan fingerprint density at radius 3 is 2.67 bits per heavy atom. The molecular weight excluding hydrogens is 235 g/mol. The number of aliphatic hydroxyl groups excluding tert-OH is 1. The minimum absolute atomic E-state index is 0.0505. The van der Waals surface area contributed by atoms with Crippen LogP contribution in [0.3, 0.4) is 0 Å². The number of hydrogen-bond acceptors (Lipinski definition) is 3. The van der Waals surface area contributed by atoms with Gasteiger partial charge in [0.1, 0.15) is 5.82 Å². The number of amides is 1. The number of para-hydroxylation sites is 1. The lowest BCUT2D eigenvalue weighted by Crippen LogP contribution is -2.44. The highest BCUT2D eigenvalue weighted by Crippen LogP contribution is 2.12. The van der Waals surface area contributed by atoms with E-state index in [9.17, 15) is 9.18 Å². The van der Waals surface area contributed by atoms with Crippen LogP contribution in [-0.2, 0) is 4.79 Å². The van der Waals surface area contributed by atoms with Crippen molar-refractivity contribution >= 4 is 11.6 Å². The van der Waals surface area contributed by atoms with Crippen molar-refractivity contribution in [1.82, 2.24) is 5.32 Å². The Kier molecular flexibility index (Phi) is 5.25. The summed E-state index contributed by atoms with van der Waals surface area (Å²) in [4.78, 5) is 11.6. The summed E-state index contributed by atoms with van der Waals surface area (Å²) in [6.07, 6.45) is 0.542. The maximum Gasteiger partial charge on any atom is 0.238 e. The summed E-state index contributed by atoms with van der Waals surface area (Å²) in [5, 5.41) is 14.3. The van der Waals surface area contributed by atoms with Crippen molar-refractivity contribution in [2.75, 3.05) is 18.5 Å². The van der Waals surface area contributed by atoms with Crippen LogP contribution in [0.25, 0.3) is 0 Å². The summed E-state index contributed by atoms with van der Waals surface area (Å²) in [7, 11) is 0. The Bertz CT molecular complexity index is 408. The minimum Gasteiger partial charge on any atom is -0.396 e. The second kappa shape index (κ2) is 6.47. The van der Waals surface area contributed by atoms with Gasteiger partial charge in [0.05, 0.1) is 12.2 Å². The van der Waals surface area contributed by atoms with Crippen molar-refractivity contribution in [3.63, 3.8) is 0 Å². The summed E-state index contributed by atoms with van der Waals surface area (Å²) in [5.74, 6) is -0.772. The predicted molar refractivity (Wildman–Crippen MR) is 68.8 cm³/mol. The number of anilines is 1. The number of carbonyl (C=O) groups excluding carboxylic acids is 1. The van der Waals surface area contributed by atoms with Crippen LogP contribution in [0.15, 0.2) is 24.3 Å². The molecule has 1 aromatic carbocycles. The molecule has 0 aliphatic carbocycles. The largest absolute Gasteiger partial charge is 0.396 e. The SMILES string of the molecule is CC(C)(CCO)NCC(=O)Nc1ccccc1F. The van der Waals surface area contributed by atoms with Gasteiger partial charge in [-0.1, -0.05) is 12.1 Å². The molecule has 100 valence electrons. The first-order chi connectivity index (χ1) is 8.44. The molecule has 5 heteroatoms. The smallest absolute Gasteiger partial charge is 0.238 e. The fraction of sp³-hybridized carbons (Fsp3) is 0.462. The Morgan fingerprint density at radius 2 is 2.06 bits per heavy atom. The molecule has 0 atom stereocenters. The van der Waals surface area contributed by atoms with Gasteiger partial charge in [-0.15, -0.1) is 0 Å². The maximum absolute atomic E-state index is 13.3. The van der Waals surface area contributed by atoms with Crippen LogP contribution in [0.2, 0.25) is 0 Å². The van der Waals surface area contributed by atoms with Crippen molar-refractivity contribution < 1.29 is 14.3 Å². The third kappa shape index (κ3) is 4.81. The number of carbonyl (C=O) groups is 1. The Hall–Kier alpha value is -1.46. The molecule has 0 saturated carbocycles. The van der Waals surface area contributed by atoms with Gasteiger partial charge in [-0.05, 0) is 32.4 Å². The van der Waals surface area contributed by atoms with Crippen LogP contribution >= 0.6 is 0 Å². The van der Waals surface area contributed by atoms with E-state index in [1.807, 2.05) is 13.8 Å². The first kappa shape index (κ1) is 14.6. The van der Waals surface area contributed by atoms with Gasteiger partial charge in [-0.3, -0.25) is 4.79 Å². The fourth-order valence-corrected chi connectivity index (χ4v) is 1.44. The maximum atomic E-state index is 13.3. The normalized spacial score (nSPS) is 11.3. The van der Waals surface area contributed by atoms with E-state index in [1.165, 1.54) is 12.1 Å². The van der Waals surface area contributed by atoms with Gasteiger partial charge < -0.3 is 15.7 Å². The lowest BCUT2D eigenvalue weighted by Gasteiger charge is -2.25. The molecule has 1 amide bonds. The molecule has 4 nitrogen and oxygen atoms in total. The van der Waals surface area contributed by atoms with E-state index < -0.39 is 5.82 Å². The molecule has 0 aliphatic rings. The van der Waals surface area contributed by atoms with E-state index in [2.05, 4.69) is 10.6 Å². The first-order valence-corrected chi connectivity index (χ1v) is 5.85. The molecule has 1 aromatic rings. The van der Waals surface area contributed by atoms with Crippen LogP contribution < -0.4 is 10.6 Å². The molecule has 0 saturated heterocycles. The van der Waals surface area contributed by atoms with E-state index >= 15 is 0 Å². The van der Waals surface area contributed by atoms with Gasteiger partial charge in [0.25, 0.3) is 0 Å². The highest BCUT2D eigenvalue weighted by Gasteiger charge is 2.17. The summed E-state index contributed by atoms with van der Waals surface area (Å²) in [5.41, 5.74) is -0.161. The van der Waals surface area contributed by atoms with Crippen LogP contribution in [0, 0.1) is 5.82 Å². The predicted octanol–water partition coefficient (Wildman–Crippen LogP) is 1.51. The summed E-state index contributed by atoms with van der Waals surface area (Å²) < 4.78 is 13.3. The van der Waals surface area contributed by atoms with E-state index in [1.54, 1.807) is 12.1 Å². The zero-order valence-corrected chi connectivity index (χ0v) is 10.7. The van der Waals surface area contributed by atoms with E-state index in [0.717, 1.165) is 0 Å². The quantitative estimate of drug-likeness (QED) is 0.721. The number of nitrogens with one attached hydrogen (secondary N) is 2. The topological polar surface area (TPSA) is 61.4 Å².